The van der Waals surface area contributed by atoms with Crippen molar-refractivity contribution < 1.29 is 4.74 Å². The second-order valence-corrected chi connectivity index (χ2v) is 5.11. The zero-order valence-corrected chi connectivity index (χ0v) is 11.2. The first-order valence-electron chi connectivity index (χ1n) is 6.07. The van der Waals surface area contributed by atoms with Crippen molar-refractivity contribution in [2.75, 3.05) is 13.2 Å². The Morgan fingerprint density at radius 3 is 3.00 bits per heavy atom. The molecule has 0 aliphatic heterocycles. The van der Waals surface area contributed by atoms with E-state index in [4.69, 9.17) is 4.74 Å². The van der Waals surface area contributed by atoms with Crippen molar-refractivity contribution in [2.45, 2.75) is 26.4 Å². The van der Waals surface area contributed by atoms with Gasteiger partial charge in [-0.25, -0.2) is 0 Å². The largest absolute Gasteiger partial charge is 0.380 e. The molecule has 2 nitrogen and oxygen atoms in total. The lowest BCUT2D eigenvalue weighted by molar-refractivity contribution is 0.127. The highest BCUT2D eigenvalue weighted by atomic mass is 32.1. The molecule has 1 N–H and O–H groups in total. The van der Waals surface area contributed by atoms with Gasteiger partial charge < -0.3 is 10.1 Å². The summed E-state index contributed by atoms with van der Waals surface area (Å²) in [7, 11) is 0. The summed E-state index contributed by atoms with van der Waals surface area (Å²) in [5.74, 6) is 0. The molecule has 1 aromatic carbocycles. The molecule has 3 heteroatoms. The van der Waals surface area contributed by atoms with Gasteiger partial charge in [0.05, 0.1) is 6.61 Å². The lowest BCUT2D eigenvalue weighted by atomic mass is 10.2. The molecule has 0 radical (unpaired) electrons. The van der Waals surface area contributed by atoms with E-state index in [1.165, 1.54) is 15.6 Å². The fourth-order valence-corrected chi connectivity index (χ4v) is 2.77. The average molecular weight is 249 g/mol. The Morgan fingerprint density at radius 2 is 2.18 bits per heavy atom. The Bertz CT molecular complexity index is 466. The topological polar surface area (TPSA) is 21.3 Å². The molecule has 0 aliphatic carbocycles. The summed E-state index contributed by atoms with van der Waals surface area (Å²) in [5, 5.41) is 7.10. The third-order valence-corrected chi connectivity index (χ3v) is 3.79. The minimum Gasteiger partial charge on any atom is -0.380 e. The van der Waals surface area contributed by atoms with E-state index in [-0.39, 0.29) is 0 Å². The third-order valence-electron chi connectivity index (χ3n) is 2.77. The molecule has 1 aromatic heterocycles. The van der Waals surface area contributed by atoms with Gasteiger partial charge in [0.25, 0.3) is 0 Å². The molecule has 17 heavy (non-hydrogen) atoms. The summed E-state index contributed by atoms with van der Waals surface area (Å²) in [5.41, 5.74) is 1.38. The normalized spacial score (nSPS) is 13.1. The first-order chi connectivity index (χ1) is 8.31. The van der Waals surface area contributed by atoms with Crippen LogP contribution >= 0.6 is 11.3 Å². The van der Waals surface area contributed by atoms with Crippen LogP contribution in [0.25, 0.3) is 10.1 Å². The minimum atomic E-state index is 0.397. The van der Waals surface area contributed by atoms with Crippen LogP contribution in [-0.4, -0.2) is 19.3 Å². The highest BCUT2D eigenvalue weighted by Crippen LogP contribution is 2.25. The number of nitrogens with one attached hydrogen (secondary N) is 1. The average Bonchev–Trinajstić information content (AvgIpc) is 2.77. The van der Waals surface area contributed by atoms with Gasteiger partial charge in [0, 0.05) is 23.9 Å². The maximum absolute atomic E-state index is 5.39. The number of benzene rings is 1. The summed E-state index contributed by atoms with van der Waals surface area (Å²) in [6.07, 6.45) is 0. The highest BCUT2D eigenvalue weighted by molar-refractivity contribution is 7.17. The van der Waals surface area contributed by atoms with Crippen LogP contribution in [0.1, 0.15) is 19.4 Å². The molecule has 0 saturated carbocycles. The molecule has 0 aliphatic rings. The Kier molecular flexibility index (Phi) is 4.54. The van der Waals surface area contributed by atoms with Crippen molar-refractivity contribution in [1.82, 2.24) is 5.32 Å². The molecule has 0 bridgehead atoms. The quantitative estimate of drug-likeness (QED) is 0.847. The molecular weight excluding hydrogens is 230 g/mol. The second-order valence-electron chi connectivity index (χ2n) is 4.20. The summed E-state index contributed by atoms with van der Waals surface area (Å²) in [6, 6.07) is 8.95. The molecule has 0 amide bonds. The van der Waals surface area contributed by atoms with Crippen molar-refractivity contribution >= 4 is 21.4 Å². The van der Waals surface area contributed by atoms with E-state index in [0.717, 1.165) is 19.8 Å². The van der Waals surface area contributed by atoms with Crippen LogP contribution in [0.15, 0.2) is 29.6 Å². The van der Waals surface area contributed by atoms with Crippen LogP contribution < -0.4 is 5.32 Å². The van der Waals surface area contributed by atoms with Gasteiger partial charge in [0.1, 0.15) is 0 Å². The Balaban J connectivity index is 1.95. The number of hydrogen-bond acceptors (Lipinski definition) is 3. The van der Waals surface area contributed by atoms with Gasteiger partial charge in [-0.05, 0) is 36.2 Å². The fraction of sp³-hybridized carbons (Fsp3) is 0.429. The predicted octanol–water partition coefficient (Wildman–Crippen LogP) is 3.42. The van der Waals surface area contributed by atoms with Crippen molar-refractivity contribution in [2.24, 2.45) is 0 Å². The summed E-state index contributed by atoms with van der Waals surface area (Å²) >= 11 is 1.81. The minimum absolute atomic E-state index is 0.397. The molecule has 92 valence electrons. The maximum atomic E-state index is 5.39. The van der Waals surface area contributed by atoms with Gasteiger partial charge >= 0.3 is 0 Å². The predicted molar refractivity (Wildman–Crippen MR) is 74.6 cm³/mol. The standard InChI is InChI=1S/C14H19NOS/c1-3-16-9-11(2)15-8-12-10-17-14-7-5-4-6-13(12)14/h4-7,10-11,15H,3,8-9H2,1-2H3. The van der Waals surface area contributed by atoms with Crippen LogP contribution in [0.2, 0.25) is 0 Å². The van der Waals surface area contributed by atoms with E-state index < -0.39 is 0 Å². The Morgan fingerprint density at radius 1 is 1.35 bits per heavy atom. The van der Waals surface area contributed by atoms with E-state index in [0.29, 0.717) is 6.04 Å². The maximum Gasteiger partial charge on any atom is 0.0616 e. The molecule has 0 spiro atoms. The molecule has 1 heterocycles. The van der Waals surface area contributed by atoms with Crippen LogP contribution in [0.5, 0.6) is 0 Å². The second kappa shape index (κ2) is 6.15. The lowest BCUT2D eigenvalue weighted by Gasteiger charge is -2.13. The number of thiophene rings is 1. The van der Waals surface area contributed by atoms with Crippen molar-refractivity contribution in [1.29, 1.82) is 0 Å². The summed E-state index contributed by atoms with van der Waals surface area (Å²) in [6.45, 7) is 6.66. The van der Waals surface area contributed by atoms with Gasteiger partial charge in [-0.1, -0.05) is 18.2 Å². The van der Waals surface area contributed by atoms with Gasteiger partial charge in [-0.15, -0.1) is 11.3 Å². The summed E-state index contributed by atoms with van der Waals surface area (Å²) in [4.78, 5) is 0. The van der Waals surface area contributed by atoms with Gasteiger partial charge in [0.15, 0.2) is 0 Å². The Hall–Kier alpha value is -0.900. The monoisotopic (exact) mass is 249 g/mol. The van der Waals surface area contributed by atoms with E-state index in [1.807, 2.05) is 18.3 Å². The fourth-order valence-electron chi connectivity index (χ4n) is 1.81. The van der Waals surface area contributed by atoms with Crippen LogP contribution in [0, 0.1) is 0 Å². The first kappa shape index (κ1) is 12.6. The highest BCUT2D eigenvalue weighted by Gasteiger charge is 2.05. The van der Waals surface area contributed by atoms with Crippen molar-refractivity contribution in [3.8, 4) is 0 Å². The van der Waals surface area contributed by atoms with Crippen LogP contribution in [-0.2, 0) is 11.3 Å². The molecule has 1 atom stereocenters. The smallest absolute Gasteiger partial charge is 0.0616 e. The zero-order chi connectivity index (χ0) is 12.1. The molecule has 2 aromatic rings. The van der Waals surface area contributed by atoms with Crippen molar-refractivity contribution in [3.05, 3.63) is 35.2 Å². The molecule has 0 fully saturated rings. The van der Waals surface area contributed by atoms with E-state index >= 15 is 0 Å². The van der Waals surface area contributed by atoms with Crippen molar-refractivity contribution in [3.63, 3.8) is 0 Å². The van der Waals surface area contributed by atoms with E-state index in [9.17, 15) is 0 Å². The Labute approximate surface area is 107 Å². The summed E-state index contributed by atoms with van der Waals surface area (Å²) < 4.78 is 6.76. The number of hydrogen-bond donors (Lipinski definition) is 1. The zero-order valence-electron chi connectivity index (χ0n) is 10.4. The third kappa shape index (κ3) is 3.28. The molecular formula is C14H19NOS. The van der Waals surface area contributed by atoms with Crippen LogP contribution in [0.4, 0.5) is 0 Å². The lowest BCUT2D eigenvalue weighted by Crippen LogP contribution is -2.29. The number of rotatable bonds is 6. The number of fused-ring (bicyclic) bond motifs is 1. The number of ether oxygens (including phenoxy) is 1. The molecule has 2 rings (SSSR count). The molecule has 0 saturated heterocycles. The SMILES string of the molecule is CCOCC(C)NCc1csc2ccccc12. The van der Waals surface area contributed by atoms with Crippen LogP contribution in [0.3, 0.4) is 0 Å². The van der Waals surface area contributed by atoms with Gasteiger partial charge in [-0.2, -0.15) is 0 Å². The molecule has 1 unspecified atom stereocenters. The van der Waals surface area contributed by atoms with E-state index in [2.05, 4.69) is 41.9 Å². The van der Waals surface area contributed by atoms with Gasteiger partial charge in [0.2, 0.25) is 0 Å². The first-order valence-corrected chi connectivity index (χ1v) is 6.95. The van der Waals surface area contributed by atoms with Gasteiger partial charge in [-0.3, -0.25) is 0 Å². The van der Waals surface area contributed by atoms with E-state index in [1.54, 1.807) is 0 Å².